The van der Waals surface area contributed by atoms with E-state index in [1.807, 2.05) is 0 Å². The lowest BCUT2D eigenvalue weighted by Gasteiger charge is -2.49. The number of nitrogens with zero attached hydrogens (tertiary/aromatic N) is 1. The maximum atomic E-state index is 6.15. The molecule has 1 aliphatic heterocycles. The Morgan fingerprint density at radius 3 is 2.21 bits per heavy atom. The van der Waals surface area contributed by atoms with Crippen LogP contribution in [0.4, 0.5) is 0 Å². The van der Waals surface area contributed by atoms with E-state index in [4.69, 9.17) is 4.74 Å². The summed E-state index contributed by atoms with van der Waals surface area (Å²) in [4.78, 5) is 2.60. The first-order valence-corrected chi connectivity index (χ1v) is 7.91. The van der Waals surface area contributed by atoms with Crippen molar-refractivity contribution in [3.63, 3.8) is 0 Å². The van der Waals surface area contributed by atoms with Crippen LogP contribution in [0.3, 0.4) is 0 Å². The molecular formula is C16H34N2O. The van der Waals surface area contributed by atoms with Crippen molar-refractivity contribution >= 4 is 0 Å². The van der Waals surface area contributed by atoms with Crippen LogP contribution in [-0.4, -0.2) is 48.3 Å². The highest BCUT2D eigenvalue weighted by Crippen LogP contribution is 2.29. The fraction of sp³-hybridized carbons (Fsp3) is 1.00. The van der Waals surface area contributed by atoms with Gasteiger partial charge in [0.25, 0.3) is 0 Å². The van der Waals surface area contributed by atoms with Gasteiger partial charge in [0.2, 0.25) is 0 Å². The summed E-state index contributed by atoms with van der Waals surface area (Å²) in [7, 11) is 0. The van der Waals surface area contributed by atoms with E-state index in [1.54, 1.807) is 0 Å². The minimum absolute atomic E-state index is 0.0313. The van der Waals surface area contributed by atoms with Crippen molar-refractivity contribution in [1.29, 1.82) is 0 Å². The van der Waals surface area contributed by atoms with E-state index in [0.717, 1.165) is 26.2 Å². The summed E-state index contributed by atoms with van der Waals surface area (Å²) in [6, 6.07) is 0.644. The third-order valence-corrected chi connectivity index (χ3v) is 3.75. The molecule has 3 nitrogen and oxygen atoms in total. The highest BCUT2D eigenvalue weighted by atomic mass is 16.5. The van der Waals surface area contributed by atoms with Crippen LogP contribution < -0.4 is 5.32 Å². The molecule has 0 aromatic heterocycles. The van der Waals surface area contributed by atoms with Gasteiger partial charge in [-0.1, -0.05) is 6.92 Å². The third-order valence-electron chi connectivity index (χ3n) is 3.75. The van der Waals surface area contributed by atoms with Gasteiger partial charge in [-0.2, -0.15) is 0 Å². The van der Waals surface area contributed by atoms with E-state index in [2.05, 4.69) is 51.8 Å². The highest BCUT2D eigenvalue weighted by molar-refractivity contribution is 4.90. The molecule has 0 amide bonds. The molecule has 0 spiro atoms. The Bertz CT molecular complexity index is 247. The van der Waals surface area contributed by atoms with Crippen LogP contribution in [-0.2, 0) is 4.74 Å². The molecule has 1 rings (SSSR count). The van der Waals surface area contributed by atoms with Crippen LogP contribution in [0.2, 0.25) is 0 Å². The van der Waals surface area contributed by atoms with E-state index in [0.29, 0.717) is 6.04 Å². The van der Waals surface area contributed by atoms with Gasteiger partial charge in [-0.3, -0.25) is 4.90 Å². The van der Waals surface area contributed by atoms with Gasteiger partial charge in [-0.05, 0) is 67.0 Å². The van der Waals surface area contributed by atoms with Gasteiger partial charge in [0.15, 0.2) is 0 Å². The molecule has 0 aromatic carbocycles. The predicted octanol–water partition coefficient (Wildman–Crippen LogP) is 3.04. The van der Waals surface area contributed by atoms with E-state index < -0.39 is 0 Å². The van der Waals surface area contributed by atoms with E-state index in [-0.39, 0.29) is 11.2 Å². The van der Waals surface area contributed by atoms with Crippen LogP contribution in [0.5, 0.6) is 0 Å². The van der Waals surface area contributed by atoms with Crippen LogP contribution in [0, 0.1) is 0 Å². The maximum absolute atomic E-state index is 6.15. The van der Waals surface area contributed by atoms with Gasteiger partial charge >= 0.3 is 0 Å². The monoisotopic (exact) mass is 270 g/mol. The van der Waals surface area contributed by atoms with Crippen LogP contribution in [0.1, 0.15) is 60.8 Å². The highest BCUT2D eigenvalue weighted by Gasteiger charge is 2.39. The number of rotatable bonds is 7. The summed E-state index contributed by atoms with van der Waals surface area (Å²) in [6.07, 6.45) is 3.75. The van der Waals surface area contributed by atoms with Crippen LogP contribution in [0.25, 0.3) is 0 Å². The zero-order valence-corrected chi connectivity index (χ0v) is 13.9. The summed E-state index contributed by atoms with van der Waals surface area (Å²) in [6.45, 7) is 17.8. The van der Waals surface area contributed by atoms with Crippen LogP contribution in [0.15, 0.2) is 0 Å². The normalized spacial score (nSPS) is 24.3. The number of hydrogen-bond acceptors (Lipinski definition) is 3. The van der Waals surface area contributed by atoms with E-state index in [9.17, 15) is 0 Å². The Morgan fingerprint density at radius 2 is 1.68 bits per heavy atom. The molecule has 1 atom stereocenters. The molecule has 0 radical (unpaired) electrons. The molecule has 1 heterocycles. The van der Waals surface area contributed by atoms with Gasteiger partial charge in [0.05, 0.1) is 11.2 Å². The first kappa shape index (κ1) is 16.9. The Hall–Kier alpha value is -0.120. The Labute approximate surface area is 120 Å². The summed E-state index contributed by atoms with van der Waals surface area (Å²) in [5, 5.41) is 3.48. The average molecular weight is 270 g/mol. The smallest absolute Gasteiger partial charge is 0.0760 e. The molecular weight excluding hydrogens is 236 g/mol. The number of hydrogen-bond donors (Lipinski definition) is 1. The topological polar surface area (TPSA) is 24.5 Å². The van der Waals surface area contributed by atoms with Crippen molar-refractivity contribution < 1.29 is 4.74 Å². The van der Waals surface area contributed by atoms with Crippen molar-refractivity contribution in [2.45, 2.75) is 78.0 Å². The molecule has 0 saturated carbocycles. The molecule has 1 unspecified atom stereocenters. The van der Waals surface area contributed by atoms with Crippen molar-refractivity contribution in [3.8, 4) is 0 Å². The fourth-order valence-corrected chi connectivity index (χ4v) is 3.17. The molecule has 1 fully saturated rings. The van der Waals surface area contributed by atoms with Crippen molar-refractivity contribution in [2.24, 2.45) is 0 Å². The van der Waals surface area contributed by atoms with Crippen LogP contribution >= 0.6 is 0 Å². The van der Waals surface area contributed by atoms with Crippen molar-refractivity contribution in [3.05, 3.63) is 0 Å². The molecule has 1 aliphatic rings. The molecule has 114 valence electrons. The summed E-state index contributed by atoms with van der Waals surface area (Å²) in [5.41, 5.74) is -0.0626. The van der Waals surface area contributed by atoms with Gasteiger partial charge in [0.1, 0.15) is 0 Å². The maximum Gasteiger partial charge on any atom is 0.0760 e. The standard InChI is InChI=1S/C16H34N2O/c1-7-10-17-11-8-9-14(2)18-12-15(3,4)19-16(5,6)13-18/h14,17H,7-13H2,1-6H3. The predicted molar refractivity (Wildman–Crippen MR) is 82.7 cm³/mol. The molecule has 0 bridgehead atoms. The third kappa shape index (κ3) is 6.24. The molecule has 19 heavy (non-hydrogen) atoms. The lowest BCUT2D eigenvalue weighted by atomic mass is 9.96. The Kier molecular flexibility index (Phi) is 6.28. The Morgan fingerprint density at radius 1 is 1.11 bits per heavy atom. The largest absolute Gasteiger partial charge is 0.367 e. The minimum Gasteiger partial charge on any atom is -0.367 e. The molecule has 3 heteroatoms. The molecule has 1 N–H and O–H groups in total. The fourth-order valence-electron chi connectivity index (χ4n) is 3.17. The van der Waals surface area contributed by atoms with Crippen molar-refractivity contribution in [1.82, 2.24) is 10.2 Å². The van der Waals surface area contributed by atoms with E-state index in [1.165, 1.54) is 19.3 Å². The molecule has 1 saturated heterocycles. The van der Waals surface area contributed by atoms with Gasteiger partial charge in [0, 0.05) is 19.1 Å². The lowest BCUT2D eigenvalue weighted by molar-refractivity contribution is -0.187. The molecule has 0 aromatic rings. The minimum atomic E-state index is -0.0313. The Balaban J connectivity index is 2.36. The second-order valence-corrected chi connectivity index (χ2v) is 7.27. The lowest BCUT2D eigenvalue weighted by Crippen LogP contribution is -2.59. The van der Waals surface area contributed by atoms with Gasteiger partial charge in [-0.25, -0.2) is 0 Å². The quantitative estimate of drug-likeness (QED) is 0.720. The second kappa shape index (κ2) is 7.05. The number of nitrogens with one attached hydrogen (secondary N) is 1. The summed E-state index contributed by atoms with van der Waals surface area (Å²) < 4.78 is 6.15. The van der Waals surface area contributed by atoms with E-state index >= 15 is 0 Å². The SMILES string of the molecule is CCCNCCCC(C)N1CC(C)(C)OC(C)(C)C1. The average Bonchev–Trinajstić information content (AvgIpc) is 2.24. The molecule has 0 aliphatic carbocycles. The zero-order valence-electron chi connectivity index (χ0n) is 13.9. The number of ether oxygens (including phenoxy) is 1. The first-order chi connectivity index (χ1) is 8.76. The zero-order chi connectivity index (χ0) is 14.5. The first-order valence-electron chi connectivity index (χ1n) is 7.91. The summed E-state index contributed by atoms with van der Waals surface area (Å²) >= 11 is 0. The van der Waals surface area contributed by atoms with Crippen molar-refractivity contribution in [2.75, 3.05) is 26.2 Å². The van der Waals surface area contributed by atoms with Gasteiger partial charge < -0.3 is 10.1 Å². The van der Waals surface area contributed by atoms with Gasteiger partial charge in [-0.15, -0.1) is 0 Å². The second-order valence-electron chi connectivity index (χ2n) is 7.27. The summed E-state index contributed by atoms with van der Waals surface area (Å²) in [5.74, 6) is 0. The number of morpholine rings is 1.